The molecule has 5 heteroatoms. The van der Waals surface area contributed by atoms with Crippen LogP contribution in [0.2, 0.25) is 0 Å². The number of hydrogen-bond donors (Lipinski definition) is 1. The molecule has 2 rings (SSSR count). The summed E-state index contributed by atoms with van der Waals surface area (Å²) in [5.74, 6) is 2.01. The molecule has 122 valence electrons. The highest BCUT2D eigenvalue weighted by molar-refractivity contribution is 8.00. The summed E-state index contributed by atoms with van der Waals surface area (Å²) in [7, 11) is 3.27. The van der Waals surface area contributed by atoms with Gasteiger partial charge in [-0.3, -0.25) is 4.79 Å². The molecule has 0 radical (unpaired) electrons. The van der Waals surface area contributed by atoms with Crippen LogP contribution in [0.3, 0.4) is 0 Å². The topological polar surface area (TPSA) is 47.6 Å². The Morgan fingerprint density at radius 3 is 2.04 bits per heavy atom. The van der Waals surface area contributed by atoms with Gasteiger partial charge in [0.05, 0.1) is 26.0 Å². The predicted molar refractivity (Wildman–Crippen MR) is 93.3 cm³/mol. The van der Waals surface area contributed by atoms with Gasteiger partial charge in [0.1, 0.15) is 11.5 Å². The second kappa shape index (κ2) is 8.48. The molecule has 2 aromatic carbocycles. The molecule has 4 nitrogen and oxygen atoms in total. The molecule has 0 bridgehead atoms. The number of carbonyl (C=O) groups is 1. The van der Waals surface area contributed by atoms with Crippen molar-refractivity contribution in [2.24, 2.45) is 0 Å². The average molecular weight is 331 g/mol. The highest BCUT2D eigenvalue weighted by atomic mass is 32.2. The highest BCUT2D eigenvalue weighted by Gasteiger charge is 2.10. The monoisotopic (exact) mass is 331 g/mol. The Kier molecular flexibility index (Phi) is 6.35. The average Bonchev–Trinajstić information content (AvgIpc) is 2.60. The van der Waals surface area contributed by atoms with Crippen LogP contribution < -0.4 is 14.8 Å². The van der Waals surface area contributed by atoms with Crippen molar-refractivity contribution < 1.29 is 14.3 Å². The van der Waals surface area contributed by atoms with Crippen LogP contribution in [0.4, 0.5) is 0 Å². The van der Waals surface area contributed by atoms with E-state index in [0.29, 0.717) is 5.75 Å². The van der Waals surface area contributed by atoms with E-state index in [1.165, 1.54) is 11.8 Å². The first-order valence-electron chi connectivity index (χ1n) is 7.32. The Balaban J connectivity index is 1.83. The lowest BCUT2D eigenvalue weighted by molar-refractivity contribution is -0.119. The van der Waals surface area contributed by atoms with E-state index in [-0.39, 0.29) is 11.9 Å². The number of ether oxygens (including phenoxy) is 2. The molecule has 1 atom stereocenters. The van der Waals surface area contributed by atoms with E-state index in [4.69, 9.17) is 9.47 Å². The van der Waals surface area contributed by atoms with Crippen LogP contribution >= 0.6 is 11.8 Å². The third-order valence-corrected chi connectivity index (χ3v) is 4.43. The summed E-state index contributed by atoms with van der Waals surface area (Å²) in [6.45, 7) is 1.97. The Bertz CT molecular complexity index is 626. The maximum atomic E-state index is 12.1. The molecule has 0 aliphatic heterocycles. The molecule has 0 aliphatic rings. The van der Waals surface area contributed by atoms with Crippen LogP contribution in [0, 0.1) is 0 Å². The number of benzene rings is 2. The van der Waals surface area contributed by atoms with Crippen molar-refractivity contribution in [3.05, 3.63) is 54.1 Å². The maximum absolute atomic E-state index is 12.1. The van der Waals surface area contributed by atoms with Gasteiger partial charge in [-0.15, -0.1) is 11.8 Å². The van der Waals surface area contributed by atoms with Gasteiger partial charge in [0.2, 0.25) is 5.91 Å². The second-order valence-electron chi connectivity index (χ2n) is 5.03. The molecule has 1 N–H and O–H groups in total. The molecular weight excluding hydrogens is 310 g/mol. The minimum atomic E-state index is -0.0372. The lowest BCUT2D eigenvalue weighted by Gasteiger charge is -2.14. The molecule has 0 saturated heterocycles. The molecule has 0 aromatic heterocycles. The molecule has 23 heavy (non-hydrogen) atoms. The largest absolute Gasteiger partial charge is 0.497 e. The third-order valence-electron chi connectivity index (χ3n) is 3.42. The van der Waals surface area contributed by atoms with Gasteiger partial charge < -0.3 is 14.8 Å². The van der Waals surface area contributed by atoms with Crippen molar-refractivity contribution in [3.63, 3.8) is 0 Å². The van der Waals surface area contributed by atoms with Gasteiger partial charge in [-0.25, -0.2) is 0 Å². The standard InChI is InChI=1S/C18H21NO3S/c1-13(14-4-6-15(21-2)7-5-14)19-18(20)12-23-17-10-8-16(22-3)9-11-17/h4-11,13H,12H2,1-3H3,(H,19,20)/t13-/m0/s1. The van der Waals surface area contributed by atoms with Crippen molar-refractivity contribution in [1.82, 2.24) is 5.32 Å². The number of nitrogens with one attached hydrogen (secondary N) is 1. The Labute approximate surface area is 141 Å². The van der Waals surface area contributed by atoms with E-state index in [1.807, 2.05) is 55.5 Å². The van der Waals surface area contributed by atoms with Crippen LogP contribution in [0.25, 0.3) is 0 Å². The SMILES string of the molecule is COc1ccc(SCC(=O)N[C@@H](C)c2ccc(OC)cc2)cc1. The number of methoxy groups -OCH3 is 2. The van der Waals surface area contributed by atoms with Crippen LogP contribution in [-0.2, 0) is 4.79 Å². The van der Waals surface area contributed by atoms with Crippen molar-refractivity contribution in [2.45, 2.75) is 17.9 Å². The van der Waals surface area contributed by atoms with Crippen LogP contribution in [-0.4, -0.2) is 25.9 Å². The Morgan fingerprint density at radius 1 is 1.00 bits per heavy atom. The zero-order valence-electron chi connectivity index (χ0n) is 13.5. The smallest absolute Gasteiger partial charge is 0.230 e. The number of hydrogen-bond acceptors (Lipinski definition) is 4. The van der Waals surface area contributed by atoms with E-state index < -0.39 is 0 Å². The first-order valence-corrected chi connectivity index (χ1v) is 8.31. The van der Waals surface area contributed by atoms with Gasteiger partial charge >= 0.3 is 0 Å². The fourth-order valence-electron chi connectivity index (χ4n) is 2.08. The number of rotatable bonds is 7. The molecule has 0 aliphatic carbocycles. The number of carbonyl (C=O) groups excluding carboxylic acids is 1. The fraction of sp³-hybridized carbons (Fsp3) is 0.278. The number of thioether (sulfide) groups is 1. The van der Waals surface area contributed by atoms with Crippen molar-refractivity contribution in [2.75, 3.05) is 20.0 Å². The van der Waals surface area contributed by atoms with Gasteiger partial charge in [0.25, 0.3) is 0 Å². The van der Waals surface area contributed by atoms with Crippen molar-refractivity contribution in [3.8, 4) is 11.5 Å². The first-order chi connectivity index (χ1) is 11.1. The zero-order valence-corrected chi connectivity index (χ0v) is 14.4. The van der Waals surface area contributed by atoms with E-state index in [0.717, 1.165) is 22.0 Å². The maximum Gasteiger partial charge on any atom is 0.230 e. The predicted octanol–water partition coefficient (Wildman–Crippen LogP) is 3.67. The fourth-order valence-corrected chi connectivity index (χ4v) is 2.79. The lowest BCUT2D eigenvalue weighted by atomic mass is 10.1. The molecule has 2 aromatic rings. The Hall–Kier alpha value is -2.14. The third kappa shape index (κ3) is 5.21. The Morgan fingerprint density at radius 2 is 1.52 bits per heavy atom. The summed E-state index contributed by atoms with van der Waals surface area (Å²) in [5.41, 5.74) is 1.05. The summed E-state index contributed by atoms with van der Waals surface area (Å²) < 4.78 is 10.2. The summed E-state index contributed by atoms with van der Waals surface area (Å²) in [4.78, 5) is 13.1. The van der Waals surface area contributed by atoms with Crippen LogP contribution in [0.1, 0.15) is 18.5 Å². The van der Waals surface area contributed by atoms with Gasteiger partial charge in [0, 0.05) is 4.90 Å². The van der Waals surface area contributed by atoms with Gasteiger partial charge in [-0.2, -0.15) is 0 Å². The molecular formula is C18H21NO3S. The first kappa shape index (κ1) is 17.2. The highest BCUT2D eigenvalue weighted by Crippen LogP contribution is 2.22. The quantitative estimate of drug-likeness (QED) is 0.786. The van der Waals surface area contributed by atoms with Crippen molar-refractivity contribution >= 4 is 17.7 Å². The van der Waals surface area contributed by atoms with Crippen molar-refractivity contribution in [1.29, 1.82) is 0 Å². The molecule has 0 saturated carbocycles. The summed E-state index contributed by atoms with van der Waals surface area (Å²) in [6, 6.07) is 15.3. The molecule has 0 unspecified atom stereocenters. The minimum Gasteiger partial charge on any atom is -0.497 e. The zero-order chi connectivity index (χ0) is 16.7. The van der Waals surface area contributed by atoms with Gasteiger partial charge in [-0.1, -0.05) is 12.1 Å². The van der Waals surface area contributed by atoms with E-state index >= 15 is 0 Å². The molecule has 0 fully saturated rings. The molecule has 1 amide bonds. The van der Waals surface area contributed by atoms with Gasteiger partial charge in [-0.05, 0) is 48.9 Å². The summed E-state index contributed by atoms with van der Waals surface area (Å²) in [5, 5.41) is 3.00. The van der Waals surface area contributed by atoms with E-state index in [9.17, 15) is 4.79 Å². The molecule has 0 spiro atoms. The lowest BCUT2D eigenvalue weighted by Crippen LogP contribution is -2.28. The minimum absolute atomic E-state index is 0.00846. The summed E-state index contributed by atoms with van der Waals surface area (Å²) in [6.07, 6.45) is 0. The normalized spacial score (nSPS) is 11.6. The van der Waals surface area contributed by atoms with Crippen LogP contribution in [0.15, 0.2) is 53.4 Å². The van der Waals surface area contributed by atoms with Crippen LogP contribution in [0.5, 0.6) is 11.5 Å². The van der Waals surface area contributed by atoms with Gasteiger partial charge in [0.15, 0.2) is 0 Å². The summed E-state index contributed by atoms with van der Waals surface area (Å²) >= 11 is 1.50. The van der Waals surface area contributed by atoms with E-state index in [2.05, 4.69) is 5.32 Å². The molecule has 0 heterocycles. The number of amides is 1. The second-order valence-corrected chi connectivity index (χ2v) is 6.08. The van der Waals surface area contributed by atoms with E-state index in [1.54, 1.807) is 14.2 Å².